The van der Waals surface area contributed by atoms with Gasteiger partial charge in [-0.05, 0) is 30.2 Å². The molecule has 2 aromatic rings. The number of fused-ring (bicyclic) bond motifs is 1. The summed E-state index contributed by atoms with van der Waals surface area (Å²) in [5.41, 5.74) is -0.279. The van der Waals surface area contributed by atoms with Crippen LogP contribution in [0.3, 0.4) is 0 Å². The van der Waals surface area contributed by atoms with Gasteiger partial charge in [-0.2, -0.15) is 0 Å². The molecule has 2 aliphatic rings. The van der Waals surface area contributed by atoms with Crippen LogP contribution in [0.2, 0.25) is 0 Å². The number of carbonyl (C=O) groups excluding carboxylic acids is 2. The number of rotatable bonds is 8. The van der Waals surface area contributed by atoms with Gasteiger partial charge < -0.3 is 18.9 Å². The Morgan fingerprint density at radius 1 is 1.10 bits per heavy atom. The van der Waals surface area contributed by atoms with Crippen molar-refractivity contribution in [2.75, 3.05) is 27.4 Å². The molecule has 0 aliphatic carbocycles. The fourth-order valence-corrected chi connectivity index (χ4v) is 4.67. The fourth-order valence-electron chi connectivity index (χ4n) is 4.67. The zero-order valence-corrected chi connectivity index (χ0v) is 18.0. The number of carbonyl (C=O) groups is 2. The van der Waals surface area contributed by atoms with E-state index < -0.39 is 23.0 Å². The van der Waals surface area contributed by atoms with Crippen LogP contribution in [0.15, 0.2) is 54.6 Å². The molecule has 0 saturated carbocycles. The molecule has 2 aliphatic heterocycles. The highest BCUT2D eigenvalue weighted by Gasteiger charge is 2.76. The minimum absolute atomic E-state index is 0.0466. The first-order valence-corrected chi connectivity index (χ1v) is 10.3. The SMILES string of the molecule is COC(=O)C1(COCc2ccccc2)N(Cc2ccc(OC)cc2)CC2C(=O)OC21C. The van der Waals surface area contributed by atoms with Gasteiger partial charge >= 0.3 is 11.9 Å². The van der Waals surface area contributed by atoms with E-state index in [2.05, 4.69) is 0 Å². The van der Waals surface area contributed by atoms with E-state index in [1.807, 2.05) is 59.5 Å². The highest BCUT2D eigenvalue weighted by atomic mass is 16.6. The molecule has 7 heteroatoms. The maximum absolute atomic E-state index is 13.2. The Morgan fingerprint density at radius 2 is 1.81 bits per heavy atom. The second kappa shape index (κ2) is 8.32. The van der Waals surface area contributed by atoms with Gasteiger partial charge in [0.25, 0.3) is 0 Å². The lowest BCUT2D eigenvalue weighted by Crippen LogP contribution is -2.72. The van der Waals surface area contributed by atoms with Crippen LogP contribution in [0.5, 0.6) is 5.75 Å². The van der Waals surface area contributed by atoms with Gasteiger partial charge in [0.2, 0.25) is 0 Å². The maximum Gasteiger partial charge on any atom is 0.332 e. The molecular formula is C24H27NO6. The third kappa shape index (κ3) is 3.47. The molecule has 3 unspecified atom stereocenters. The number of hydrogen-bond donors (Lipinski definition) is 0. The van der Waals surface area contributed by atoms with E-state index >= 15 is 0 Å². The molecule has 164 valence electrons. The Kier molecular flexibility index (Phi) is 5.73. The molecule has 0 aromatic heterocycles. The molecule has 2 heterocycles. The first-order chi connectivity index (χ1) is 14.9. The lowest BCUT2D eigenvalue weighted by molar-refractivity contribution is -0.225. The maximum atomic E-state index is 13.2. The summed E-state index contributed by atoms with van der Waals surface area (Å²) in [5.74, 6) is -0.422. The molecule has 2 fully saturated rings. The predicted molar refractivity (Wildman–Crippen MR) is 112 cm³/mol. The zero-order chi connectivity index (χ0) is 22.1. The van der Waals surface area contributed by atoms with Crippen LogP contribution < -0.4 is 4.74 Å². The first kappa shape index (κ1) is 21.3. The number of methoxy groups -OCH3 is 2. The molecule has 0 bridgehead atoms. The smallest absolute Gasteiger partial charge is 0.332 e. The van der Waals surface area contributed by atoms with Gasteiger partial charge in [0.1, 0.15) is 11.7 Å². The molecular weight excluding hydrogens is 398 g/mol. The summed E-state index contributed by atoms with van der Waals surface area (Å²) in [6.45, 7) is 3.02. The van der Waals surface area contributed by atoms with E-state index in [9.17, 15) is 9.59 Å². The van der Waals surface area contributed by atoms with E-state index in [1.165, 1.54) is 7.11 Å². The lowest BCUT2D eigenvalue weighted by Gasteiger charge is -2.49. The van der Waals surface area contributed by atoms with Gasteiger partial charge in [0.05, 0.1) is 27.4 Å². The second-order valence-corrected chi connectivity index (χ2v) is 8.14. The Labute approximate surface area is 181 Å². The van der Waals surface area contributed by atoms with Gasteiger partial charge in [-0.15, -0.1) is 0 Å². The van der Waals surface area contributed by atoms with Gasteiger partial charge in [0, 0.05) is 13.1 Å². The van der Waals surface area contributed by atoms with Crippen molar-refractivity contribution in [2.24, 2.45) is 5.92 Å². The van der Waals surface area contributed by atoms with Crippen molar-refractivity contribution in [1.29, 1.82) is 0 Å². The summed E-state index contributed by atoms with van der Waals surface area (Å²) >= 11 is 0. The van der Waals surface area contributed by atoms with Crippen LogP contribution in [0.1, 0.15) is 18.1 Å². The van der Waals surface area contributed by atoms with Gasteiger partial charge in [-0.3, -0.25) is 9.69 Å². The van der Waals surface area contributed by atoms with E-state index in [0.29, 0.717) is 19.7 Å². The predicted octanol–water partition coefficient (Wildman–Crippen LogP) is 2.57. The van der Waals surface area contributed by atoms with Gasteiger partial charge in [-0.1, -0.05) is 42.5 Å². The third-order valence-corrected chi connectivity index (χ3v) is 6.50. The van der Waals surface area contributed by atoms with Crippen LogP contribution in [0.25, 0.3) is 0 Å². The van der Waals surface area contributed by atoms with Crippen molar-refractivity contribution in [3.63, 3.8) is 0 Å². The second-order valence-electron chi connectivity index (χ2n) is 8.14. The first-order valence-electron chi connectivity index (χ1n) is 10.3. The number of esters is 2. The number of benzene rings is 2. The number of nitrogens with zero attached hydrogens (tertiary/aromatic N) is 1. The van der Waals surface area contributed by atoms with E-state index in [-0.39, 0.29) is 12.6 Å². The molecule has 0 spiro atoms. The van der Waals surface area contributed by atoms with Crippen LogP contribution >= 0.6 is 0 Å². The van der Waals surface area contributed by atoms with Crippen LogP contribution in [0, 0.1) is 5.92 Å². The Morgan fingerprint density at radius 3 is 2.42 bits per heavy atom. The molecule has 0 radical (unpaired) electrons. The van der Waals surface area contributed by atoms with Crippen molar-refractivity contribution in [2.45, 2.75) is 31.2 Å². The molecule has 3 atom stereocenters. The highest BCUT2D eigenvalue weighted by Crippen LogP contribution is 2.53. The van der Waals surface area contributed by atoms with Gasteiger partial charge in [-0.25, -0.2) is 4.79 Å². The molecule has 7 nitrogen and oxygen atoms in total. The average molecular weight is 425 g/mol. The Balaban J connectivity index is 1.63. The van der Waals surface area contributed by atoms with Crippen molar-refractivity contribution in [3.8, 4) is 5.75 Å². The average Bonchev–Trinajstić information content (AvgIpc) is 2.98. The third-order valence-electron chi connectivity index (χ3n) is 6.50. The molecule has 2 aromatic carbocycles. The molecule has 0 amide bonds. The van der Waals surface area contributed by atoms with Crippen molar-refractivity contribution in [3.05, 3.63) is 65.7 Å². The summed E-state index contributed by atoms with van der Waals surface area (Å²) in [6, 6.07) is 17.4. The minimum Gasteiger partial charge on any atom is -0.497 e. The van der Waals surface area contributed by atoms with Crippen molar-refractivity contribution >= 4 is 11.9 Å². The minimum atomic E-state index is -1.24. The van der Waals surface area contributed by atoms with E-state index in [0.717, 1.165) is 16.9 Å². The normalized spacial score (nSPS) is 27.2. The summed E-state index contributed by atoms with van der Waals surface area (Å²) in [5, 5.41) is 0. The Bertz CT molecular complexity index is 946. The standard InChI is InChI=1S/C24H27NO6/c1-23-20(21(26)31-23)14-25(13-17-9-11-19(28-2)12-10-17)24(23,22(27)29-3)16-30-15-18-7-5-4-6-8-18/h4-12,20H,13-16H2,1-3H3. The molecule has 4 rings (SSSR count). The number of ether oxygens (including phenoxy) is 4. The zero-order valence-electron chi connectivity index (χ0n) is 18.0. The van der Waals surface area contributed by atoms with E-state index in [1.54, 1.807) is 14.0 Å². The molecule has 2 saturated heterocycles. The largest absolute Gasteiger partial charge is 0.497 e. The van der Waals surface area contributed by atoms with Crippen LogP contribution in [-0.4, -0.2) is 55.3 Å². The summed E-state index contributed by atoms with van der Waals surface area (Å²) in [4.78, 5) is 27.4. The quantitative estimate of drug-likeness (QED) is 0.602. The fraction of sp³-hybridized carbons (Fsp3) is 0.417. The molecule has 0 N–H and O–H groups in total. The van der Waals surface area contributed by atoms with Crippen molar-refractivity contribution < 1.29 is 28.5 Å². The van der Waals surface area contributed by atoms with Crippen LogP contribution in [0.4, 0.5) is 0 Å². The van der Waals surface area contributed by atoms with E-state index in [4.69, 9.17) is 18.9 Å². The number of hydrogen-bond acceptors (Lipinski definition) is 7. The summed E-state index contributed by atoms with van der Waals surface area (Å²) < 4.78 is 22.1. The molecule has 31 heavy (non-hydrogen) atoms. The highest BCUT2D eigenvalue weighted by molar-refractivity contribution is 5.91. The Hall–Kier alpha value is -2.90. The van der Waals surface area contributed by atoms with Crippen molar-refractivity contribution in [1.82, 2.24) is 4.90 Å². The topological polar surface area (TPSA) is 74.3 Å². The van der Waals surface area contributed by atoms with Crippen LogP contribution in [-0.2, 0) is 37.0 Å². The summed E-state index contributed by atoms with van der Waals surface area (Å²) in [7, 11) is 2.97. The lowest BCUT2D eigenvalue weighted by atomic mass is 9.72. The van der Waals surface area contributed by atoms with Gasteiger partial charge in [0.15, 0.2) is 11.1 Å². The number of likely N-dealkylation sites (tertiary alicyclic amines) is 1. The summed E-state index contributed by atoms with van der Waals surface area (Å²) in [6.07, 6.45) is 0. The monoisotopic (exact) mass is 425 g/mol.